The van der Waals surface area contributed by atoms with Gasteiger partial charge in [0.25, 0.3) is 0 Å². The van der Waals surface area contributed by atoms with Crippen LogP contribution in [0.3, 0.4) is 0 Å². The first-order chi connectivity index (χ1) is 10.1. The van der Waals surface area contributed by atoms with Crippen molar-refractivity contribution in [2.24, 2.45) is 11.8 Å². The fourth-order valence-corrected chi connectivity index (χ4v) is 2.50. The van der Waals surface area contributed by atoms with E-state index in [-0.39, 0.29) is 6.04 Å². The van der Waals surface area contributed by atoms with Gasteiger partial charge in [-0.25, -0.2) is 9.67 Å². The lowest BCUT2D eigenvalue weighted by Gasteiger charge is -2.17. The fraction of sp³-hybridized carbons (Fsp3) is 0.467. The number of nitrogens with one attached hydrogen (secondary N) is 1. The summed E-state index contributed by atoms with van der Waals surface area (Å²) in [5, 5.41) is 5.04. The normalized spacial score (nSPS) is 12.8. The first-order valence-corrected chi connectivity index (χ1v) is 7.54. The molecule has 1 atom stereocenters. The molecule has 0 spiro atoms. The van der Waals surface area contributed by atoms with Crippen LogP contribution in [0.2, 0.25) is 5.02 Å². The predicted molar refractivity (Wildman–Crippen MR) is 84.8 cm³/mol. The zero-order valence-corrected chi connectivity index (χ0v) is 13.2. The highest BCUT2D eigenvalue weighted by atomic mass is 35.5. The Labute approximate surface area is 130 Å². The number of rotatable bonds is 7. The van der Waals surface area contributed by atoms with Gasteiger partial charge in [0.05, 0.1) is 0 Å². The van der Waals surface area contributed by atoms with Crippen molar-refractivity contribution in [2.45, 2.75) is 39.3 Å². The van der Waals surface area contributed by atoms with E-state index >= 15 is 0 Å². The van der Waals surface area contributed by atoms with Crippen molar-refractivity contribution in [1.29, 1.82) is 0 Å². The Bertz CT molecular complexity index is 567. The van der Waals surface area contributed by atoms with E-state index in [1.165, 1.54) is 0 Å². The third-order valence-electron chi connectivity index (χ3n) is 3.32. The number of hydrazine groups is 1. The van der Waals surface area contributed by atoms with Gasteiger partial charge in [-0.15, -0.1) is 0 Å². The highest BCUT2D eigenvalue weighted by Crippen LogP contribution is 2.17. The van der Waals surface area contributed by atoms with Crippen LogP contribution in [-0.2, 0) is 19.4 Å². The van der Waals surface area contributed by atoms with Crippen LogP contribution in [0, 0.1) is 5.92 Å². The molecule has 0 aliphatic heterocycles. The molecular weight excluding hydrogens is 286 g/mol. The third kappa shape index (κ3) is 4.52. The summed E-state index contributed by atoms with van der Waals surface area (Å²) in [7, 11) is 0. The molecule has 1 heterocycles. The molecular formula is C15H22ClN5. The number of hydrogen-bond donors (Lipinski definition) is 2. The molecule has 3 N–H and O–H groups in total. The van der Waals surface area contributed by atoms with E-state index in [1.54, 1.807) is 6.33 Å². The molecule has 2 aromatic rings. The van der Waals surface area contributed by atoms with Gasteiger partial charge in [0.1, 0.15) is 12.2 Å². The van der Waals surface area contributed by atoms with Crippen LogP contribution in [0.4, 0.5) is 0 Å². The van der Waals surface area contributed by atoms with Gasteiger partial charge >= 0.3 is 0 Å². The molecule has 0 saturated heterocycles. The van der Waals surface area contributed by atoms with Crippen molar-refractivity contribution in [3.05, 3.63) is 47.0 Å². The predicted octanol–water partition coefficient (Wildman–Crippen LogP) is 2.20. The van der Waals surface area contributed by atoms with Crippen molar-refractivity contribution in [3.8, 4) is 0 Å². The molecule has 6 heteroatoms. The molecule has 2 rings (SSSR count). The minimum absolute atomic E-state index is 0.0695. The Morgan fingerprint density at radius 3 is 2.71 bits per heavy atom. The minimum atomic E-state index is 0.0695. The van der Waals surface area contributed by atoms with Crippen molar-refractivity contribution < 1.29 is 0 Å². The zero-order chi connectivity index (χ0) is 15.2. The van der Waals surface area contributed by atoms with Crippen LogP contribution in [0.25, 0.3) is 0 Å². The number of halogens is 1. The van der Waals surface area contributed by atoms with Gasteiger partial charge in [-0.3, -0.25) is 11.3 Å². The lowest BCUT2D eigenvalue weighted by atomic mass is 10.0. The molecule has 0 aliphatic carbocycles. The summed E-state index contributed by atoms with van der Waals surface area (Å²) in [6, 6.07) is 7.89. The van der Waals surface area contributed by atoms with Gasteiger partial charge < -0.3 is 0 Å². The summed E-state index contributed by atoms with van der Waals surface area (Å²) < 4.78 is 1.95. The summed E-state index contributed by atoms with van der Waals surface area (Å²) >= 11 is 6.21. The monoisotopic (exact) mass is 307 g/mol. The Hall–Kier alpha value is -1.43. The van der Waals surface area contributed by atoms with E-state index < -0.39 is 0 Å². The molecule has 0 bridgehead atoms. The molecule has 1 unspecified atom stereocenters. The summed E-state index contributed by atoms with van der Waals surface area (Å²) in [6.45, 7) is 5.18. The maximum atomic E-state index is 6.21. The number of benzene rings is 1. The number of nitrogens with two attached hydrogens (primary N) is 1. The summed E-state index contributed by atoms with van der Waals surface area (Å²) in [4.78, 5) is 4.34. The Kier molecular flexibility index (Phi) is 5.73. The molecule has 1 aromatic carbocycles. The first-order valence-electron chi connectivity index (χ1n) is 7.16. The second-order valence-electron chi connectivity index (χ2n) is 5.62. The second kappa shape index (κ2) is 7.54. The molecule has 0 aliphatic rings. The van der Waals surface area contributed by atoms with Gasteiger partial charge in [-0.05, 0) is 24.0 Å². The number of hydrogen-bond acceptors (Lipinski definition) is 4. The standard InChI is InChI=1S/C15H22ClN5/c1-11(2)9-21-15(18-10-19-21)8-13(20-17)7-12-5-3-4-6-14(12)16/h3-6,10-11,13,20H,7-9,17H2,1-2H3. The lowest BCUT2D eigenvalue weighted by Crippen LogP contribution is -2.39. The van der Waals surface area contributed by atoms with Crippen molar-refractivity contribution in [3.63, 3.8) is 0 Å². The average Bonchev–Trinajstić information content (AvgIpc) is 2.86. The minimum Gasteiger partial charge on any atom is -0.271 e. The summed E-state index contributed by atoms with van der Waals surface area (Å²) in [5.74, 6) is 7.16. The van der Waals surface area contributed by atoms with Crippen molar-refractivity contribution in [2.75, 3.05) is 0 Å². The van der Waals surface area contributed by atoms with Crippen LogP contribution >= 0.6 is 11.6 Å². The van der Waals surface area contributed by atoms with E-state index in [2.05, 4.69) is 29.4 Å². The zero-order valence-electron chi connectivity index (χ0n) is 12.5. The van der Waals surface area contributed by atoms with Crippen molar-refractivity contribution >= 4 is 11.6 Å². The fourth-order valence-electron chi connectivity index (χ4n) is 2.28. The molecule has 1 aromatic heterocycles. The van der Waals surface area contributed by atoms with E-state index in [1.807, 2.05) is 28.9 Å². The quantitative estimate of drug-likeness (QED) is 0.608. The van der Waals surface area contributed by atoms with Crippen LogP contribution in [0.15, 0.2) is 30.6 Å². The van der Waals surface area contributed by atoms with Crippen LogP contribution in [-0.4, -0.2) is 20.8 Å². The summed E-state index contributed by atoms with van der Waals surface area (Å²) in [5.41, 5.74) is 3.94. The molecule has 0 fully saturated rings. The smallest absolute Gasteiger partial charge is 0.138 e. The number of aromatic nitrogens is 3. The SMILES string of the molecule is CC(C)Cn1ncnc1CC(Cc1ccccc1Cl)NN. The highest BCUT2D eigenvalue weighted by molar-refractivity contribution is 6.31. The molecule has 0 saturated carbocycles. The summed E-state index contributed by atoms with van der Waals surface area (Å²) in [6.07, 6.45) is 3.07. The van der Waals surface area contributed by atoms with Gasteiger partial charge in [-0.1, -0.05) is 43.6 Å². The van der Waals surface area contributed by atoms with Gasteiger partial charge in [0.2, 0.25) is 0 Å². The third-order valence-corrected chi connectivity index (χ3v) is 3.69. The molecule has 5 nitrogen and oxygen atoms in total. The first kappa shape index (κ1) is 15.9. The van der Waals surface area contributed by atoms with Crippen LogP contribution < -0.4 is 11.3 Å². The van der Waals surface area contributed by atoms with Gasteiger partial charge in [0.15, 0.2) is 0 Å². The lowest BCUT2D eigenvalue weighted by molar-refractivity contribution is 0.441. The topological polar surface area (TPSA) is 68.8 Å². The average molecular weight is 308 g/mol. The Balaban J connectivity index is 2.06. The van der Waals surface area contributed by atoms with Crippen LogP contribution in [0.5, 0.6) is 0 Å². The number of nitrogens with zero attached hydrogens (tertiary/aromatic N) is 3. The largest absolute Gasteiger partial charge is 0.271 e. The highest BCUT2D eigenvalue weighted by Gasteiger charge is 2.15. The second-order valence-corrected chi connectivity index (χ2v) is 6.02. The van der Waals surface area contributed by atoms with Gasteiger partial charge in [0, 0.05) is 24.0 Å². The molecule has 114 valence electrons. The van der Waals surface area contributed by atoms with E-state index in [0.717, 1.165) is 29.4 Å². The maximum absolute atomic E-state index is 6.21. The van der Waals surface area contributed by atoms with E-state index in [0.29, 0.717) is 12.3 Å². The Morgan fingerprint density at radius 1 is 1.29 bits per heavy atom. The van der Waals surface area contributed by atoms with E-state index in [4.69, 9.17) is 17.4 Å². The molecule has 21 heavy (non-hydrogen) atoms. The van der Waals surface area contributed by atoms with Crippen molar-refractivity contribution in [1.82, 2.24) is 20.2 Å². The maximum Gasteiger partial charge on any atom is 0.138 e. The van der Waals surface area contributed by atoms with E-state index in [9.17, 15) is 0 Å². The Morgan fingerprint density at radius 2 is 2.05 bits per heavy atom. The van der Waals surface area contributed by atoms with Gasteiger partial charge in [-0.2, -0.15) is 5.10 Å². The molecule has 0 amide bonds. The molecule has 0 radical (unpaired) electrons. The van der Waals surface area contributed by atoms with Crippen LogP contribution in [0.1, 0.15) is 25.2 Å².